The van der Waals surface area contributed by atoms with E-state index >= 15 is 0 Å². The Hall–Kier alpha value is -1.26. The van der Waals surface area contributed by atoms with Gasteiger partial charge >= 0.3 is 0 Å². The topological polar surface area (TPSA) is 137 Å². The summed E-state index contributed by atoms with van der Waals surface area (Å²) >= 11 is 0. The second kappa shape index (κ2) is 11.4. The van der Waals surface area contributed by atoms with Crippen LogP contribution >= 0.6 is 0 Å². The van der Waals surface area contributed by atoms with Gasteiger partial charge in [0.15, 0.2) is 0 Å². The number of nitrogens with two attached hydrogens (primary N) is 1. The summed E-state index contributed by atoms with van der Waals surface area (Å²) < 4.78 is 5.30. The van der Waals surface area contributed by atoms with Gasteiger partial charge in [-0.05, 0) is 12.8 Å². The molecule has 0 bridgehead atoms. The van der Waals surface area contributed by atoms with Crippen molar-refractivity contribution in [2.75, 3.05) is 45.9 Å². The third-order valence-corrected chi connectivity index (χ3v) is 4.25. The SMILES string of the molecule is CC(=O)N1CCN(C(=O)CCN)CCCCOC[C@@H](O)[C@H](O)[C@@H](O)C1. The molecule has 0 aromatic carbocycles. The van der Waals surface area contributed by atoms with E-state index in [0.29, 0.717) is 26.1 Å². The van der Waals surface area contributed by atoms with E-state index in [1.54, 1.807) is 4.90 Å². The molecule has 1 saturated heterocycles. The lowest BCUT2D eigenvalue weighted by molar-refractivity contribution is -0.137. The zero-order valence-corrected chi connectivity index (χ0v) is 14.8. The van der Waals surface area contributed by atoms with E-state index in [-0.39, 0.29) is 44.5 Å². The van der Waals surface area contributed by atoms with Crippen LogP contribution < -0.4 is 5.73 Å². The molecule has 9 nitrogen and oxygen atoms in total. The van der Waals surface area contributed by atoms with Crippen LogP contribution in [0.1, 0.15) is 26.2 Å². The normalized spacial score (nSPS) is 27.6. The van der Waals surface area contributed by atoms with Crippen molar-refractivity contribution >= 4 is 11.8 Å². The number of amides is 2. The van der Waals surface area contributed by atoms with E-state index in [1.165, 1.54) is 11.8 Å². The highest BCUT2D eigenvalue weighted by Gasteiger charge is 2.28. The average Bonchev–Trinajstić information content (AvgIpc) is 2.57. The quantitative estimate of drug-likeness (QED) is 0.442. The molecule has 1 aliphatic rings. The van der Waals surface area contributed by atoms with Gasteiger partial charge < -0.3 is 35.6 Å². The van der Waals surface area contributed by atoms with E-state index in [9.17, 15) is 24.9 Å². The summed E-state index contributed by atoms with van der Waals surface area (Å²) in [5, 5.41) is 29.9. The van der Waals surface area contributed by atoms with Gasteiger partial charge in [0, 0.05) is 52.7 Å². The van der Waals surface area contributed by atoms with Gasteiger partial charge in [-0.1, -0.05) is 0 Å². The van der Waals surface area contributed by atoms with Crippen molar-refractivity contribution in [2.45, 2.75) is 44.5 Å². The van der Waals surface area contributed by atoms with E-state index < -0.39 is 18.3 Å². The third-order valence-electron chi connectivity index (χ3n) is 4.25. The second-order valence-electron chi connectivity index (χ2n) is 6.29. The summed E-state index contributed by atoms with van der Waals surface area (Å²) in [6.45, 7) is 2.86. The Morgan fingerprint density at radius 2 is 1.76 bits per heavy atom. The lowest BCUT2D eigenvalue weighted by Gasteiger charge is -2.31. The van der Waals surface area contributed by atoms with Gasteiger partial charge in [0.1, 0.15) is 18.3 Å². The molecule has 1 rings (SSSR count). The van der Waals surface area contributed by atoms with Crippen molar-refractivity contribution in [3.8, 4) is 0 Å². The molecule has 2 amide bonds. The fourth-order valence-corrected chi connectivity index (χ4v) is 2.66. The Labute approximate surface area is 148 Å². The lowest BCUT2D eigenvalue weighted by atomic mass is 10.1. The van der Waals surface area contributed by atoms with Gasteiger partial charge in [0.25, 0.3) is 0 Å². The van der Waals surface area contributed by atoms with Crippen LogP contribution in [-0.4, -0.2) is 101 Å². The molecule has 9 heteroatoms. The minimum absolute atomic E-state index is 0.0741. The van der Waals surface area contributed by atoms with Gasteiger partial charge in [-0.25, -0.2) is 0 Å². The third kappa shape index (κ3) is 7.66. The van der Waals surface area contributed by atoms with E-state index in [0.717, 1.165) is 6.42 Å². The number of aliphatic hydroxyl groups is 3. The van der Waals surface area contributed by atoms with E-state index in [2.05, 4.69) is 0 Å². The zero-order valence-electron chi connectivity index (χ0n) is 14.8. The molecular weight excluding hydrogens is 330 g/mol. The van der Waals surface area contributed by atoms with Crippen LogP contribution in [0.4, 0.5) is 0 Å². The van der Waals surface area contributed by atoms with Crippen molar-refractivity contribution in [1.82, 2.24) is 9.80 Å². The molecule has 0 radical (unpaired) electrons. The first-order chi connectivity index (χ1) is 11.9. The molecule has 1 fully saturated rings. The molecule has 1 heterocycles. The first-order valence-electron chi connectivity index (χ1n) is 8.72. The summed E-state index contributed by atoms with van der Waals surface area (Å²) in [4.78, 5) is 27.0. The highest BCUT2D eigenvalue weighted by Crippen LogP contribution is 2.07. The van der Waals surface area contributed by atoms with E-state index in [1.807, 2.05) is 0 Å². The van der Waals surface area contributed by atoms with Gasteiger partial charge in [-0.3, -0.25) is 9.59 Å². The molecular formula is C16H31N3O6. The highest BCUT2D eigenvalue weighted by atomic mass is 16.5. The number of rotatable bonds is 2. The second-order valence-corrected chi connectivity index (χ2v) is 6.29. The van der Waals surface area contributed by atoms with Crippen LogP contribution in [0.25, 0.3) is 0 Å². The fourth-order valence-electron chi connectivity index (χ4n) is 2.66. The van der Waals surface area contributed by atoms with Gasteiger partial charge in [-0.2, -0.15) is 0 Å². The summed E-state index contributed by atoms with van der Waals surface area (Å²) in [5.41, 5.74) is 5.45. The van der Waals surface area contributed by atoms with Crippen LogP contribution in [0.15, 0.2) is 0 Å². The van der Waals surface area contributed by atoms with Gasteiger partial charge in [0.2, 0.25) is 11.8 Å². The lowest BCUT2D eigenvalue weighted by Crippen LogP contribution is -2.49. The van der Waals surface area contributed by atoms with Gasteiger partial charge in [-0.15, -0.1) is 0 Å². The number of β-amino-alcohol motifs (C(OH)–C–C–N with tert-alkyl or cyclic N) is 1. The Balaban J connectivity index is 2.81. The molecule has 0 aromatic heterocycles. The summed E-state index contributed by atoms with van der Waals surface area (Å²) in [5.74, 6) is -0.356. The minimum atomic E-state index is -1.42. The number of ether oxygens (including phenoxy) is 1. The molecule has 0 aromatic rings. The maximum Gasteiger partial charge on any atom is 0.223 e. The number of carbonyl (C=O) groups is 2. The number of carbonyl (C=O) groups excluding carboxylic acids is 2. The Bertz CT molecular complexity index is 423. The number of hydrogen-bond donors (Lipinski definition) is 4. The largest absolute Gasteiger partial charge is 0.388 e. The number of nitrogens with zero attached hydrogens (tertiary/aromatic N) is 2. The first-order valence-corrected chi connectivity index (χ1v) is 8.72. The Morgan fingerprint density at radius 3 is 2.40 bits per heavy atom. The smallest absolute Gasteiger partial charge is 0.223 e. The van der Waals surface area contributed by atoms with Crippen molar-refractivity contribution in [2.24, 2.45) is 5.73 Å². The van der Waals surface area contributed by atoms with Crippen molar-refractivity contribution in [3.05, 3.63) is 0 Å². The zero-order chi connectivity index (χ0) is 18.8. The predicted molar refractivity (Wildman–Crippen MR) is 90.6 cm³/mol. The molecule has 1 aliphatic heterocycles. The molecule has 146 valence electrons. The summed E-state index contributed by atoms with van der Waals surface area (Å²) in [6.07, 6.45) is -2.30. The molecule has 0 spiro atoms. The first kappa shape index (κ1) is 21.8. The molecule has 0 saturated carbocycles. The number of aliphatic hydroxyl groups excluding tert-OH is 3. The van der Waals surface area contributed by atoms with Crippen LogP contribution in [0, 0.1) is 0 Å². The maximum atomic E-state index is 12.2. The molecule has 3 atom stereocenters. The highest BCUT2D eigenvalue weighted by molar-refractivity contribution is 5.76. The Kier molecular flexibility index (Phi) is 9.91. The van der Waals surface area contributed by atoms with Crippen LogP contribution in [0.2, 0.25) is 0 Å². The van der Waals surface area contributed by atoms with E-state index in [4.69, 9.17) is 10.5 Å². The maximum absolute atomic E-state index is 12.2. The van der Waals surface area contributed by atoms with Crippen molar-refractivity contribution in [1.29, 1.82) is 0 Å². The summed E-state index contributed by atoms with van der Waals surface area (Å²) in [6, 6.07) is 0. The van der Waals surface area contributed by atoms with Crippen molar-refractivity contribution in [3.63, 3.8) is 0 Å². The van der Waals surface area contributed by atoms with Crippen LogP contribution in [0.3, 0.4) is 0 Å². The van der Waals surface area contributed by atoms with Crippen molar-refractivity contribution < 1.29 is 29.6 Å². The predicted octanol–water partition coefficient (Wildman–Crippen LogP) is -2.09. The van der Waals surface area contributed by atoms with Gasteiger partial charge in [0.05, 0.1) is 6.61 Å². The fraction of sp³-hybridized carbons (Fsp3) is 0.875. The number of hydrogen-bond acceptors (Lipinski definition) is 7. The van der Waals surface area contributed by atoms with Crippen LogP contribution in [-0.2, 0) is 14.3 Å². The molecule has 25 heavy (non-hydrogen) atoms. The molecule has 5 N–H and O–H groups in total. The van der Waals surface area contributed by atoms with Crippen LogP contribution in [0.5, 0.6) is 0 Å². The standard InChI is InChI=1S/C16H31N3O6/c1-12(20)19-8-7-18(15(23)4-5-17)6-2-3-9-25-11-14(22)16(24)13(21)10-19/h13-14,16,21-22,24H,2-11,17H2,1H3/t13-,14+,16+/m0/s1. The minimum Gasteiger partial charge on any atom is -0.388 e. The average molecular weight is 361 g/mol. The summed E-state index contributed by atoms with van der Waals surface area (Å²) in [7, 11) is 0. The molecule has 0 aliphatic carbocycles. The monoisotopic (exact) mass is 361 g/mol. The Morgan fingerprint density at radius 1 is 1.08 bits per heavy atom. The molecule has 0 unspecified atom stereocenters.